The van der Waals surface area contributed by atoms with Crippen LogP contribution in [0.15, 0.2) is 78.9 Å². The van der Waals surface area contributed by atoms with Gasteiger partial charge in [-0.05, 0) is 48.5 Å². The van der Waals surface area contributed by atoms with Crippen molar-refractivity contribution in [2.45, 2.75) is 0 Å². The first-order valence-electron chi connectivity index (χ1n) is 9.25. The van der Waals surface area contributed by atoms with E-state index in [4.69, 9.17) is 4.74 Å². The van der Waals surface area contributed by atoms with E-state index in [0.717, 1.165) is 0 Å². The molecule has 0 unspecified atom stereocenters. The largest absolute Gasteiger partial charge is 0.451 e. The van der Waals surface area contributed by atoms with Gasteiger partial charge in [-0.1, -0.05) is 30.3 Å². The van der Waals surface area contributed by atoms with Crippen LogP contribution in [-0.4, -0.2) is 33.1 Å². The number of hydrogen-bond donors (Lipinski definition) is 0. The smallest absolute Gasteiger partial charge is 0.378 e. The lowest BCUT2D eigenvalue weighted by Crippen LogP contribution is -2.15. The second kappa shape index (κ2) is 8.66. The van der Waals surface area contributed by atoms with Crippen LogP contribution in [0.25, 0.3) is 17.1 Å². The zero-order chi connectivity index (χ0) is 21.8. The average molecular weight is 419 g/mol. The zero-order valence-corrected chi connectivity index (χ0v) is 16.0. The van der Waals surface area contributed by atoms with E-state index in [1.165, 1.54) is 53.2 Å². The summed E-state index contributed by atoms with van der Waals surface area (Å²) in [6.45, 7) is -0.472. The van der Waals surface area contributed by atoms with Gasteiger partial charge in [0.15, 0.2) is 18.2 Å². The summed E-state index contributed by atoms with van der Waals surface area (Å²) in [5, 5.41) is 4.16. The maximum atomic E-state index is 13.3. The second-order valence-electron chi connectivity index (χ2n) is 6.52. The maximum Gasteiger partial charge on any atom is 0.378 e. The van der Waals surface area contributed by atoms with Crippen LogP contribution < -0.4 is 0 Å². The van der Waals surface area contributed by atoms with E-state index in [-0.39, 0.29) is 17.4 Å². The normalized spacial score (nSPS) is 10.6. The molecule has 0 bridgehead atoms. The summed E-state index contributed by atoms with van der Waals surface area (Å²) in [6.07, 6.45) is 0. The third kappa shape index (κ3) is 4.53. The van der Waals surface area contributed by atoms with Gasteiger partial charge in [0.05, 0.1) is 5.69 Å². The van der Waals surface area contributed by atoms with E-state index in [1.54, 1.807) is 30.3 Å². The summed E-state index contributed by atoms with van der Waals surface area (Å²) < 4.78 is 33.1. The number of ketones is 1. The fourth-order valence-electron chi connectivity index (χ4n) is 2.85. The van der Waals surface area contributed by atoms with Gasteiger partial charge < -0.3 is 4.74 Å². The zero-order valence-electron chi connectivity index (χ0n) is 16.0. The van der Waals surface area contributed by atoms with E-state index < -0.39 is 24.2 Å². The van der Waals surface area contributed by atoms with Crippen molar-refractivity contribution in [3.8, 4) is 17.1 Å². The Morgan fingerprint density at radius 1 is 0.839 bits per heavy atom. The first-order chi connectivity index (χ1) is 15.0. The number of aromatic nitrogens is 3. The highest BCUT2D eigenvalue weighted by atomic mass is 19.1. The highest BCUT2D eigenvalue weighted by Gasteiger charge is 2.21. The lowest BCUT2D eigenvalue weighted by atomic mass is 10.1. The maximum absolute atomic E-state index is 13.3. The Balaban J connectivity index is 1.62. The molecule has 0 N–H and O–H groups in total. The molecule has 0 saturated heterocycles. The minimum absolute atomic E-state index is 0.230. The molecule has 3 aromatic carbocycles. The molecule has 1 aromatic heterocycles. The molecular weight excluding hydrogens is 404 g/mol. The van der Waals surface area contributed by atoms with Crippen LogP contribution in [0.2, 0.25) is 0 Å². The molecule has 0 aliphatic carbocycles. The number of halogens is 2. The lowest BCUT2D eigenvalue weighted by molar-refractivity contribution is 0.0462. The first kappa shape index (κ1) is 20.1. The first-order valence-corrected chi connectivity index (χ1v) is 9.25. The molecule has 0 aliphatic heterocycles. The van der Waals surface area contributed by atoms with Gasteiger partial charge in [0.25, 0.3) is 5.82 Å². The number of benzene rings is 3. The summed E-state index contributed by atoms with van der Waals surface area (Å²) in [4.78, 5) is 28.9. The Morgan fingerprint density at radius 2 is 1.45 bits per heavy atom. The Bertz CT molecular complexity index is 1160. The number of hydrogen-bond acceptors (Lipinski definition) is 5. The van der Waals surface area contributed by atoms with Crippen LogP contribution in [0.4, 0.5) is 8.78 Å². The highest BCUT2D eigenvalue weighted by Crippen LogP contribution is 2.22. The van der Waals surface area contributed by atoms with Crippen molar-refractivity contribution < 1.29 is 23.1 Å². The van der Waals surface area contributed by atoms with Crippen LogP contribution in [0.1, 0.15) is 21.0 Å². The molecule has 8 heteroatoms. The molecule has 4 rings (SSSR count). The van der Waals surface area contributed by atoms with E-state index in [1.807, 2.05) is 0 Å². The topological polar surface area (TPSA) is 74.1 Å². The molecule has 0 spiro atoms. The monoisotopic (exact) mass is 419 g/mol. The minimum Gasteiger partial charge on any atom is -0.451 e. The lowest BCUT2D eigenvalue weighted by Gasteiger charge is -2.05. The van der Waals surface area contributed by atoms with E-state index in [2.05, 4.69) is 10.1 Å². The van der Waals surface area contributed by atoms with Crippen molar-refractivity contribution in [1.82, 2.24) is 14.8 Å². The van der Waals surface area contributed by atoms with Gasteiger partial charge in [0, 0.05) is 11.1 Å². The molecule has 0 amide bonds. The number of carbonyl (C=O) groups is 2. The van der Waals surface area contributed by atoms with Gasteiger partial charge in [-0.2, -0.15) is 0 Å². The fraction of sp³-hybridized carbons (Fsp3) is 0.0435. The Labute approximate surface area is 175 Å². The van der Waals surface area contributed by atoms with Crippen LogP contribution in [0, 0.1) is 11.6 Å². The van der Waals surface area contributed by atoms with Gasteiger partial charge in [0.1, 0.15) is 11.6 Å². The van der Waals surface area contributed by atoms with E-state index >= 15 is 0 Å². The summed E-state index contributed by atoms with van der Waals surface area (Å²) in [6, 6.07) is 19.3. The van der Waals surface area contributed by atoms with Gasteiger partial charge in [-0.25, -0.2) is 23.2 Å². The van der Waals surface area contributed by atoms with Crippen molar-refractivity contribution >= 4 is 11.8 Å². The molecule has 154 valence electrons. The quantitative estimate of drug-likeness (QED) is 0.345. The highest BCUT2D eigenvalue weighted by molar-refractivity contribution is 5.98. The Morgan fingerprint density at radius 3 is 2.10 bits per heavy atom. The van der Waals surface area contributed by atoms with Crippen molar-refractivity contribution in [3.05, 3.63) is 102 Å². The molecule has 0 atom stereocenters. The van der Waals surface area contributed by atoms with Crippen LogP contribution in [0.5, 0.6) is 0 Å². The summed E-state index contributed by atoms with van der Waals surface area (Å²) in [5.74, 6) is -2.20. The predicted octanol–water partition coefficient (Wildman–Crippen LogP) is 4.25. The van der Waals surface area contributed by atoms with Crippen LogP contribution in [-0.2, 0) is 4.74 Å². The summed E-state index contributed by atoms with van der Waals surface area (Å²) in [5.41, 5.74) is 1.33. The molecule has 1 heterocycles. The molecule has 0 radical (unpaired) electrons. The van der Waals surface area contributed by atoms with Gasteiger partial charge in [-0.3, -0.25) is 4.79 Å². The molecule has 0 fully saturated rings. The van der Waals surface area contributed by atoms with E-state index in [0.29, 0.717) is 16.8 Å². The summed E-state index contributed by atoms with van der Waals surface area (Å²) >= 11 is 0. The number of rotatable bonds is 6. The fourth-order valence-corrected chi connectivity index (χ4v) is 2.85. The Kier molecular flexibility index (Phi) is 5.61. The van der Waals surface area contributed by atoms with Crippen molar-refractivity contribution in [2.24, 2.45) is 0 Å². The standard InChI is InChI=1S/C23H15F2N3O3/c24-17-8-6-16(7-9-17)22-26-21(27-28(22)19-12-10-18(25)11-13-19)23(30)31-14-20(29)15-4-2-1-3-5-15/h1-13H,14H2. The summed E-state index contributed by atoms with van der Waals surface area (Å²) in [7, 11) is 0. The third-order valence-electron chi connectivity index (χ3n) is 4.39. The molecule has 31 heavy (non-hydrogen) atoms. The molecule has 4 aromatic rings. The van der Waals surface area contributed by atoms with Crippen LogP contribution in [0.3, 0.4) is 0 Å². The third-order valence-corrected chi connectivity index (χ3v) is 4.39. The van der Waals surface area contributed by atoms with Crippen LogP contribution >= 0.6 is 0 Å². The predicted molar refractivity (Wildman–Crippen MR) is 108 cm³/mol. The van der Waals surface area contributed by atoms with Crippen molar-refractivity contribution in [1.29, 1.82) is 0 Å². The number of Topliss-reactive ketones (excluding diaryl/α,β-unsaturated/α-hetero) is 1. The second-order valence-corrected chi connectivity index (χ2v) is 6.52. The Hall–Kier alpha value is -4.20. The number of ether oxygens (including phenoxy) is 1. The molecular formula is C23H15F2N3O3. The van der Waals surface area contributed by atoms with Gasteiger partial charge in [0.2, 0.25) is 0 Å². The van der Waals surface area contributed by atoms with Crippen molar-refractivity contribution in [3.63, 3.8) is 0 Å². The molecule has 0 aliphatic rings. The van der Waals surface area contributed by atoms with E-state index in [9.17, 15) is 18.4 Å². The number of esters is 1. The van der Waals surface area contributed by atoms with Gasteiger partial charge in [-0.15, -0.1) is 5.10 Å². The molecule has 0 saturated carbocycles. The number of nitrogens with zero attached hydrogens (tertiary/aromatic N) is 3. The van der Waals surface area contributed by atoms with Gasteiger partial charge >= 0.3 is 5.97 Å². The molecule has 6 nitrogen and oxygen atoms in total. The SMILES string of the molecule is O=C(COC(=O)c1nc(-c2ccc(F)cc2)n(-c2ccc(F)cc2)n1)c1ccccc1. The minimum atomic E-state index is -0.895. The number of carbonyl (C=O) groups excluding carboxylic acids is 2. The van der Waals surface area contributed by atoms with Crippen molar-refractivity contribution in [2.75, 3.05) is 6.61 Å². The average Bonchev–Trinajstić information content (AvgIpc) is 3.24.